The van der Waals surface area contributed by atoms with Crippen LogP contribution in [0.15, 0.2) is 24.3 Å². The van der Waals surface area contributed by atoms with Crippen LogP contribution < -0.4 is 5.32 Å². The molecule has 20 heavy (non-hydrogen) atoms. The average Bonchev–Trinajstić information content (AvgIpc) is 2.75. The van der Waals surface area contributed by atoms with Gasteiger partial charge in [0.25, 0.3) is 0 Å². The van der Waals surface area contributed by atoms with Crippen molar-refractivity contribution < 1.29 is 4.74 Å². The van der Waals surface area contributed by atoms with Crippen LogP contribution in [0.5, 0.6) is 0 Å². The van der Waals surface area contributed by atoms with Crippen LogP contribution in [0, 0.1) is 0 Å². The third kappa shape index (κ3) is 4.47. The van der Waals surface area contributed by atoms with Crippen molar-refractivity contribution in [2.75, 3.05) is 13.1 Å². The van der Waals surface area contributed by atoms with E-state index in [1.54, 1.807) is 0 Å². The van der Waals surface area contributed by atoms with E-state index >= 15 is 0 Å². The third-order valence-corrected chi connectivity index (χ3v) is 4.34. The van der Waals surface area contributed by atoms with Gasteiger partial charge in [-0.05, 0) is 63.3 Å². The standard InChI is InChI=1S/C17H26ClNO/c1-4-19-12-14(13-5-7-15(18)8-6-13)11-16-9-10-17(2,3)20-16/h5-8,14,16,19H,4,9-12H2,1-3H3. The van der Waals surface area contributed by atoms with Gasteiger partial charge in [-0.3, -0.25) is 0 Å². The Morgan fingerprint density at radius 3 is 2.60 bits per heavy atom. The lowest BCUT2D eigenvalue weighted by Crippen LogP contribution is -2.26. The smallest absolute Gasteiger partial charge is 0.0631 e. The van der Waals surface area contributed by atoms with Gasteiger partial charge in [-0.15, -0.1) is 0 Å². The minimum absolute atomic E-state index is 0.0490. The molecule has 1 fully saturated rings. The molecular formula is C17H26ClNO. The zero-order chi connectivity index (χ0) is 14.6. The first-order chi connectivity index (χ1) is 9.50. The largest absolute Gasteiger partial charge is 0.372 e. The van der Waals surface area contributed by atoms with Crippen LogP contribution in [0.3, 0.4) is 0 Å². The Morgan fingerprint density at radius 2 is 2.05 bits per heavy atom. The van der Waals surface area contributed by atoms with Gasteiger partial charge in [-0.25, -0.2) is 0 Å². The molecule has 0 spiro atoms. The van der Waals surface area contributed by atoms with Gasteiger partial charge in [0.2, 0.25) is 0 Å². The van der Waals surface area contributed by atoms with Crippen LogP contribution in [0.2, 0.25) is 5.02 Å². The molecule has 1 aromatic carbocycles. The Bertz CT molecular complexity index is 416. The van der Waals surface area contributed by atoms with Crippen molar-refractivity contribution in [2.45, 2.75) is 57.7 Å². The zero-order valence-electron chi connectivity index (χ0n) is 12.8. The van der Waals surface area contributed by atoms with E-state index in [9.17, 15) is 0 Å². The molecule has 112 valence electrons. The molecule has 3 heteroatoms. The number of rotatable bonds is 6. The summed E-state index contributed by atoms with van der Waals surface area (Å²) in [6, 6.07) is 8.25. The second-order valence-electron chi connectivity index (χ2n) is 6.33. The van der Waals surface area contributed by atoms with E-state index < -0.39 is 0 Å². The summed E-state index contributed by atoms with van der Waals surface area (Å²) < 4.78 is 6.15. The average molecular weight is 296 g/mol. The van der Waals surface area contributed by atoms with E-state index in [-0.39, 0.29) is 5.60 Å². The van der Waals surface area contributed by atoms with Gasteiger partial charge in [0, 0.05) is 11.6 Å². The monoisotopic (exact) mass is 295 g/mol. The summed E-state index contributed by atoms with van der Waals surface area (Å²) in [6.07, 6.45) is 3.79. The molecule has 1 aliphatic heterocycles. The van der Waals surface area contributed by atoms with E-state index in [1.165, 1.54) is 12.0 Å². The minimum Gasteiger partial charge on any atom is -0.372 e. The molecule has 1 aromatic rings. The molecule has 0 amide bonds. The van der Waals surface area contributed by atoms with E-state index in [1.807, 2.05) is 12.1 Å². The van der Waals surface area contributed by atoms with E-state index in [0.29, 0.717) is 12.0 Å². The lowest BCUT2D eigenvalue weighted by Gasteiger charge is -2.24. The second kappa shape index (κ2) is 6.93. The summed E-state index contributed by atoms with van der Waals surface area (Å²) in [7, 11) is 0. The highest BCUT2D eigenvalue weighted by atomic mass is 35.5. The number of halogens is 1. The van der Waals surface area contributed by atoms with Crippen LogP contribution in [-0.4, -0.2) is 24.8 Å². The topological polar surface area (TPSA) is 21.3 Å². The van der Waals surface area contributed by atoms with Gasteiger partial charge in [-0.2, -0.15) is 0 Å². The van der Waals surface area contributed by atoms with Crippen LogP contribution in [0.25, 0.3) is 0 Å². The molecule has 2 rings (SSSR count). The van der Waals surface area contributed by atoms with Gasteiger partial charge >= 0.3 is 0 Å². The number of nitrogens with one attached hydrogen (secondary N) is 1. The molecule has 2 atom stereocenters. The molecule has 1 heterocycles. The maximum Gasteiger partial charge on any atom is 0.0631 e. The van der Waals surface area contributed by atoms with Crippen molar-refractivity contribution in [3.8, 4) is 0 Å². The summed E-state index contributed by atoms with van der Waals surface area (Å²) >= 11 is 5.99. The van der Waals surface area contributed by atoms with Crippen molar-refractivity contribution in [1.82, 2.24) is 5.32 Å². The van der Waals surface area contributed by atoms with Gasteiger partial charge in [0.05, 0.1) is 11.7 Å². The van der Waals surface area contributed by atoms with Crippen LogP contribution in [-0.2, 0) is 4.74 Å². The maximum atomic E-state index is 6.15. The van der Waals surface area contributed by atoms with Crippen LogP contribution >= 0.6 is 11.6 Å². The predicted octanol–water partition coefficient (Wildman–Crippen LogP) is 4.38. The molecule has 1 saturated heterocycles. The van der Waals surface area contributed by atoms with Crippen molar-refractivity contribution in [2.24, 2.45) is 0 Å². The lowest BCUT2D eigenvalue weighted by atomic mass is 9.92. The quantitative estimate of drug-likeness (QED) is 0.841. The fourth-order valence-corrected chi connectivity index (χ4v) is 3.08. The molecule has 0 radical (unpaired) electrons. The zero-order valence-corrected chi connectivity index (χ0v) is 13.5. The minimum atomic E-state index is 0.0490. The highest BCUT2D eigenvalue weighted by Gasteiger charge is 2.33. The normalized spacial score (nSPS) is 22.9. The molecule has 1 N–H and O–H groups in total. The van der Waals surface area contributed by atoms with Gasteiger partial charge in [0.1, 0.15) is 0 Å². The fraction of sp³-hybridized carbons (Fsp3) is 0.647. The van der Waals surface area contributed by atoms with Crippen molar-refractivity contribution in [3.05, 3.63) is 34.9 Å². The first-order valence-corrected chi connectivity index (χ1v) is 8.02. The number of ether oxygens (including phenoxy) is 1. The number of benzene rings is 1. The number of likely N-dealkylation sites (N-methyl/N-ethyl adjacent to an activating group) is 1. The molecule has 0 aliphatic carbocycles. The molecule has 2 nitrogen and oxygen atoms in total. The number of hydrogen-bond donors (Lipinski definition) is 1. The fourth-order valence-electron chi connectivity index (χ4n) is 2.95. The highest BCUT2D eigenvalue weighted by Crippen LogP contribution is 2.35. The lowest BCUT2D eigenvalue weighted by molar-refractivity contribution is -0.0209. The molecule has 0 aromatic heterocycles. The summed E-state index contributed by atoms with van der Waals surface area (Å²) in [5.41, 5.74) is 1.40. The summed E-state index contributed by atoms with van der Waals surface area (Å²) in [4.78, 5) is 0. The SMILES string of the molecule is CCNCC(CC1CCC(C)(C)O1)c1ccc(Cl)cc1. The van der Waals surface area contributed by atoms with Gasteiger partial charge in [0.15, 0.2) is 0 Å². The highest BCUT2D eigenvalue weighted by molar-refractivity contribution is 6.30. The van der Waals surface area contributed by atoms with Crippen molar-refractivity contribution in [3.63, 3.8) is 0 Å². The molecule has 0 saturated carbocycles. The molecule has 0 bridgehead atoms. The Hall–Kier alpha value is -0.570. The van der Waals surface area contributed by atoms with Crippen molar-refractivity contribution in [1.29, 1.82) is 0 Å². The Labute approximate surface area is 127 Å². The first kappa shape index (κ1) is 15.8. The maximum absolute atomic E-state index is 6.15. The van der Waals surface area contributed by atoms with Gasteiger partial charge < -0.3 is 10.1 Å². The summed E-state index contributed by atoms with van der Waals surface area (Å²) in [6.45, 7) is 8.52. The molecular weight excluding hydrogens is 270 g/mol. The predicted molar refractivity (Wildman–Crippen MR) is 85.5 cm³/mol. The molecule has 2 unspecified atom stereocenters. The third-order valence-electron chi connectivity index (χ3n) is 4.08. The van der Waals surface area contributed by atoms with E-state index in [0.717, 1.165) is 31.0 Å². The summed E-state index contributed by atoms with van der Waals surface area (Å²) in [5.74, 6) is 0.492. The Kier molecular flexibility index (Phi) is 5.48. The Balaban J connectivity index is 2.02. The second-order valence-corrected chi connectivity index (χ2v) is 6.77. The number of hydrogen-bond acceptors (Lipinski definition) is 2. The van der Waals surface area contributed by atoms with E-state index in [2.05, 4.69) is 38.2 Å². The Morgan fingerprint density at radius 1 is 1.35 bits per heavy atom. The van der Waals surface area contributed by atoms with Crippen molar-refractivity contribution >= 4 is 11.6 Å². The van der Waals surface area contributed by atoms with Crippen LogP contribution in [0.4, 0.5) is 0 Å². The molecule has 1 aliphatic rings. The van der Waals surface area contributed by atoms with E-state index in [4.69, 9.17) is 16.3 Å². The van der Waals surface area contributed by atoms with Crippen LogP contribution in [0.1, 0.15) is 51.5 Å². The summed E-state index contributed by atoms with van der Waals surface area (Å²) in [5, 5.41) is 4.27. The first-order valence-electron chi connectivity index (χ1n) is 7.64. The van der Waals surface area contributed by atoms with Gasteiger partial charge in [-0.1, -0.05) is 30.7 Å².